The van der Waals surface area contributed by atoms with E-state index in [1.54, 1.807) is 12.1 Å². The summed E-state index contributed by atoms with van der Waals surface area (Å²) >= 11 is 6.39. The van der Waals surface area contributed by atoms with Crippen molar-refractivity contribution in [2.24, 2.45) is 10.7 Å². The second-order valence-electron chi connectivity index (χ2n) is 6.70. The molecule has 0 unspecified atom stereocenters. The van der Waals surface area contributed by atoms with Gasteiger partial charge in [-0.3, -0.25) is 4.98 Å². The molecule has 3 aromatic rings. The zero-order valence-electron chi connectivity index (χ0n) is 16.0. The number of amidine groups is 1. The van der Waals surface area contributed by atoms with Crippen molar-refractivity contribution in [2.75, 3.05) is 19.7 Å². The van der Waals surface area contributed by atoms with Crippen LogP contribution in [0.15, 0.2) is 48.0 Å². The van der Waals surface area contributed by atoms with Crippen molar-refractivity contribution in [1.29, 1.82) is 0 Å². The predicted octanol–water partition coefficient (Wildman–Crippen LogP) is 3.03. The lowest BCUT2D eigenvalue weighted by molar-refractivity contribution is -0.141. The number of nitrogens with two attached hydrogens (primary N) is 1. The molecule has 0 aliphatic carbocycles. The van der Waals surface area contributed by atoms with E-state index in [2.05, 4.69) is 25.4 Å². The number of hydrogen-bond acceptors (Lipinski definition) is 6. The van der Waals surface area contributed by atoms with Gasteiger partial charge in [0.15, 0.2) is 11.5 Å². The molecule has 1 aliphatic rings. The molecule has 31 heavy (non-hydrogen) atoms. The Labute approximate surface area is 179 Å². The van der Waals surface area contributed by atoms with Gasteiger partial charge in [-0.15, -0.1) is 0 Å². The van der Waals surface area contributed by atoms with Crippen LogP contribution >= 0.6 is 11.6 Å². The molecule has 4 rings (SSSR count). The predicted molar refractivity (Wildman–Crippen MR) is 108 cm³/mol. The van der Waals surface area contributed by atoms with Crippen LogP contribution in [-0.4, -0.2) is 45.3 Å². The Hall–Kier alpha value is -3.02. The van der Waals surface area contributed by atoms with E-state index in [1.165, 1.54) is 18.6 Å². The third kappa shape index (κ3) is 4.84. The Morgan fingerprint density at radius 1 is 1.29 bits per heavy atom. The molecule has 1 aromatic carbocycles. The lowest BCUT2D eigenvalue weighted by Gasteiger charge is -2.24. The van der Waals surface area contributed by atoms with E-state index in [4.69, 9.17) is 22.1 Å². The fraction of sp³-hybridized carbons (Fsp3) is 0.263. The first-order valence-electron chi connectivity index (χ1n) is 9.22. The molecular formula is C19H17ClF3N7O. The number of alkyl halides is 3. The lowest BCUT2D eigenvalue weighted by Crippen LogP contribution is -2.33. The second kappa shape index (κ2) is 8.61. The van der Waals surface area contributed by atoms with Crippen molar-refractivity contribution in [1.82, 2.24) is 25.1 Å². The maximum absolute atomic E-state index is 12.8. The van der Waals surface area contributed by atoms with Gasteiger partial charge in [-0.1, -0.05) is 17.7 Å². The van der Waals surface area contributed by atoms with E-state index in [-0.39, 0.29) is 17.8 Å². The third-order valence-electron chi connectivity index (χ3n) is 4.53. The first-order valence-corrected chi connectivity index (χ1v) is 9.59. The summed E-state index contributed by atoms with van der Waals surface area (Å²) in [5, 5.41) is 7.74. The molecule has 2 aromatic heterocycles. The Balaban J connectivity index is 1.55. The smallest absolute Gasteiger partial charge is 0.383 e. The highest BCUT2D eigenvalue weighted by molar-refractivity contribution is 6.31. The Morgan fingerprint density at radius 2 is 2.13 bits per heavy atom. The van der Waals surface area contributed by atoms with Crippen molar-refractivity contribution in [3.8, 4) is 5.82 Å². The highest BCUT2D eigenvalue weighted by Crippen LogP contribution is 2.30. The van der Waals surface area contributed by atoms with E-state index >= 15 is 0 Å². The number of halogens is 4. The van der Waals surface area contributed by atoms with Gasteiger partial charge in [-0.25, -0.2) is 14.7 Å². The third-order valence-corrected chi connectivity index (χ3v) is 4.86. The van der Waals surface area contributed by atoms with Crippen molar-refractivity contribution in [3.05, 3.63) is 64.8 Å². The highest BCUT2D eigenvalue weighted by Gasteiger charge is 2.33. The van der Waals surface area contributed by atoms with Crippen LogP contribution in [0.3, 0.4) is 0 Å². The Morgan fingerprint density at radius 3 is 2.84 bits per heavy atom. The molecule has 3 heterocycles. The van der Waals surface area contributed by atoms with Crippen LogP contribution in [0.25, 0.3) is 5.82 Å². The topological polar surface area (TPSA) is 103 Å². The minimum Gasteiger partial charge on any atom is -0.383 e. The lowest BCUT2D eigenvalue weighted by atomic mass is 10.1. The van der Waals surface area contributed by atoms with E-state index in [0.717, 1.165) is 16.8 Å². The number of aliphatic imine (C=N–C) groups is 1. The molecule has 1 atom stereocenters. The summed E-state index contributed by atoms with van der Waals surface area (Å²) in [6, 6.07) is 5.26. The first-order chi connectivity index (χ1) is 14.8. The molecule has 8 nitrogen and oxygen atoms in total. The van der Waals surface area contributed by atoms with Crippen LogP contribution in [0.2, 0.25) is 5.02 Å². The minimum atomic E-state index is -4.61. The molecule has 1 aliphatic heterocycles. The zero-order valence-corrected chi connectivity index (χ0v) is 16.7. The molecule has 12 heteroatoms. The molecule has 1 saturated heterocycles. The average molecular weight is 452 g/mol. The van der Waals surface area contributed by atoms with Gasteiger partial charge < -0.3 is 15.8 Å². The molecule has 0 amide bonds. The number of nitrogens with zero attached hydrogens (tertiary/aromatic N) is 5. The van der Waals surface area contributed by atoms with Gasteiger partial charge in [0.1, 0.15) is 5.84 Å². The molecule has 1 fully saturated rings. The van der Waals surface area contributed by atoms with Gasteiger partial charge in [0.25, 0.3) is 0 Å². The van der Waals surface area contributed by atoms with Crippen LogP contribution in [0.5, 0.6) is 0 Å². The number of rotatable bonds is 4. The van der Waals surface area contributed by atoms with Crippen LogP contribution in [0.4, 0.5) is 18.9 Å². The summed E-state index contributed by atoms with van der Waals surface area (Å²) in [4.78, 5) is 11.4. The van der Waals surface area contributed by atoms with E-state index in [0.29, 0.717) is 35.6 Å². The minimum absolute atomic E-state index is 0.0950. The monoisotopic (exact) mass is 451 g/mol. The van der Waals surface area contributed by atoms with Gasteiger partial charge in [-0.2, -0.15) is 18.3 Å². The Bertz CT molecular complexity index is 1110. The van der Waals surface area contributed by atoms with E-state index in [1.807, 2.05) is 6.07 Å². The standard InChI is InChI=1S/C19H17ClF3N7O/c20-14-5-12(1-2-13(14)15-7-25-3-4-31-15)28-18(24)11-6-27-30(10-11)17-9-26-8-16(29-17)19(21,22)23/h1-2,5-6,8-10,15,25H,3-4,7H2,(H2,24,28)/t15-/m1/s1. The van der Waals surface area contributed by atoms with Gasteiger partial charge in [-0.05, 0) is 12.1 Å². The molecule has 0 spiro atoms. The summed E-state index contributed by atoms with van der Waals surface area (Å²) in [5.41, 5.74) is 6.70. The summed E-state index contributed by atoms with van der Waals surface area (Å²) in [6.45, 7) is 2.07. The van der Waals surface area contributed by atoms with Crippen molar-refractivity contribution < 1.29 is 17.9 Å². The summed E-state index contributed by atoms with van der Waals surface area (Å²) in [7, 11) is 0. The maximum atomic E-state index is 12.8. The quantitative estimate of drug-likeness (QED) is 0.467. The number of hydrogen-bond donors (Lipinski definition) is 2. The second-order valence-corrected chi connectivity index (χ2v) is 7.11. The molecule has 3 N–H and O–H groups in total. The van der Waals surface area contributed by atoms with Crippen molar-refractivity contribution in [2.45, 2.75) is 12.3 Å². The van der Waals surface area contributed by atoms with Gasteiger partial charge in [0.05, 0.1) is 42.6 Å². The molecular weight excluding hydrogens is 435 g/mol. The van der Waals surface area contributed by atoms with Crippen molar-refractivity contribution in [3.63, 3.8) is 0 Å². The fourth-order valence-electron chi connectivity index (χ4n) is 3.00. The van der Waals surface area contributed by atoms with E-state index in [9.17, 15) is 13.2 Å². The first kappa shape index (κ1) is 21.2. The highest BCUT2D eigenvalue weighted by atomic mass is 35.5. The van der Waals surface area contributed by atoms with Gasteiger partial charge in [0, 0.05) is 29.9 Å². The number of morpholine rings is 1. The molecule has 0 bridgehead atoms. The number of aromatic nitrogens is 4. The van der Waals surface area contributed by atoms with E-state index < -0.39 is 11.9 Å². The van der Waals surface area contributed by atoms with Crippen LogP contribution in [0, 0.1) is 0 Å². The van der Waals surface area contributed by atoms with Gasteiger partial charge >= 0.3 is 6.18 Å². The van der Waals surface area contributed by atoms with Crippen LogP contribution in [0.1, 0.15) is 22.9 Å². The average Bonchev–Trinajstić information content (AvgIpc) is 3.25. The number of ether oxygens (including phenoxy) is 1. The summed E-state index contributed by atoms with van der Waals surface area (Å²) in [5.74, 6) is 0.0212. The maximum Gasteiger partial charge on any atom is 0.434 e. The zero-order chi connectivity index (χ0) is 22.0. The van der Waals surface area contributed by atoms with Gasteiger partial charge in [0.2, 0.25) is 0 Å². The molecule has 162 valence electrons. The van der Waals surface area contributed by atoms with Crippen molar-refractivity contribution >= 4 is 23.1 Å². The normalized spacial score (nSPS) is 17.7. The molecule has 0 radical (unpaired) electrons. The summed E-state index contributed by atoms with van der Waals surface area (Å²) in [6.07, 6.45) is -0.142. The summed E-state index contributed by atoms with van der Waals surface area (Å²) < 4.78 is 45.4. The van der Waals surface area contributed by atoms with Crippen LogP contribution in [-0.2, 0) is 10.9 Å². The Kier molecular flexibility index (Phi) is 5.90. The fourth-order valence-corrected chi connectivity index (χ4v) is 3.30. The number of benzene rings is 1. The largest absolute Gasteiger partial charge is 0.434 e. The number of nitrogens with one attached hydrogen (secondary N) is 1. The molecule has 0 saturated carbocycles. The van der Waals surface area contributed by atoms with Crippen LogP contribution < -0.4 is 11.1 Å². The SMILES string of the molecule is NC(=Nc1ccc([C@H]2CNCCO2)c(Cl)c1)c1cnn(-c2cncc(C(F)(F)F)n2)c1.